The zero-order valence-corrected chi connectivity index (χ0v) is 10.6. The Morgan fingerprint density at radius 3 is 2.47 bits per heavy atom. The Hall–Kier alpha value is -1.16. The molecule has 2 nitrogen and oxygen atoms in total. The predicted molar refractivity (Wildman–Crippen MR) is 71.1 cm³/mol. The summed E-state index contributed by atoms with van der Waals surface area (Å²) in [6.45, 7) is 3.01. The molecule has 1 aromatic heterocycles. The highest BCUT2D eigenvalue weighted by Crippen LogP contribution is 2.06. The zero-order chi connectivity index (χ0) is 11.9. The second-order valence-corrected chi connectivity index (χ2v) is 5.17. The number of quaternary nitrogens is 1. The minimum absolute atomic E-state index is 0.244. The van der Waals surface area contributed by atoms with Crippen LogP contribution in [0.1, 0.15) is 10.4 Å². The van der Waals surface area contributed by atoms with Crippen molar-refractivity contribution >= 4 is 11.3 Å². The average molecular weight is 248 g/mol. The van der Waals surface area contributed by atoms with E-state index in [9.17, 15) is 0 Å². The lowest BCUT2D eigenvalue weighted by molar-refractivity contribution is -0.927. The summed E-state index contributed by atoms with van der Waals surface area (Å²) >= 11 is 1.79. The fourth-order valence-corrected chi connectivity index (χ4v) is 2.72. The fraction of sp³-hybridized carbons (Fsp3) is 0.286. The van der Waals surface area contributed by atoms with E-state index in [0.29, 0.717) is 0 Å². The summed E-state index contributed by atoms with van der Waals surface area (Å²) in [6.07, 6.45) is 0. The summed E-state index contributed by atoms with van der Waals surface area (Å²) in [6, 6.07) is 14.7. The molecule has 1 heterocycles. The summed E-state index contributed by atoms with van der Waals surface area (Å²) in [4.78, 5) is 2.78. The molecule has 0 saturated heterocycles. The third-order valence-corrected chi connectivity index (χ3v) is 3.64. The molecule has 0 aliphatic carbocycles. The summed E-state index contributed by atoms with van der Waals surface area (Å²) in [5.74, 6) is 0. The largest absolute Gasteiger partial charge is 0.391 e. The van der Waals surface area contributed by atoms with Crippen LogP contribution in [0.25, 0.3) is 0 Å². The highest BCUT2D eigenvalue weighted by Gasteiger charge is 2.10. The summed E-state index contributed by atoms with van der Waals surface area (Å²) in [7, 11) is 0. The van der Waals surface area contributed by atoms with Crippen molar-refractivity contribution in [1.29, 1.82) is 0 Å². The molecule has 0 saturated carbocycles. The molecule has 90 valence electrons. The Morgan fingerprint density at radius 2 is 1.82 bits per heavy atom. The normalized spacial score (nSPS) is 12.5. The molecule has 2 aromatic rings. The van der Waals surface area contributed by atoms with Gasteiger partial charge in [-0.1, -0.05) is 36.4 Å². The second-order valence-electron chi connectivity index (χ2n) is 4.14. The number of rotatable bonds is 6. The van der Waals surface area contributed by atoms with Crippen LogP contribution in [0.15, 0.2) is 47.8 Å². The van der Waals surface area contributed by atoms with Gasteiger partial charge in [-0.05, 0) is 11.4 Å². The molecule has 2 N–H and O–H groups in total. The number of hydrogen-bond donors (Lipinski definition) is 2. The van der Waals surface area contributed by atoms with Crippen molar-refractivity contribution in [1.82, 2.24) is 0 Å². The molecule has 0 bridgehead atoms. The predicted octanol–water partition coefficient (Wildman–Crippen LogP) is 1.33. The SMILES string of the molecule is OCC[NH+](Cc1ccccc1)Cc1cccs1. The van der Waals surface area contributed by atoms with E-state index in [-0.39, 0.29) is 6.61 Å². The number of benzene rings is 1. The third-order valence-electron chi connectivity index (χ3n) is 2.77. The monoisotopic (exact) mass is 248 g/mol. The maximum atomic E-state index is 9.13. The quantitative estimate of drug-likeness (QED) is 0.792. The van der Waals surface area contributed by atoms with Crippen LogP contribution in [-0.4, -0.2) is 18.3 Å². The molecule has 0 aliphatic rings. The number of hydrogen-bond acceptors (Lipinski definition) is 2. The van der Waals surface area contributed by atoms with Crippen LogP contribution in [0.4, 0.5) is 0 Å². The molecule has 2 rings (SSSR count). The Bertz CT molecular complexity index is 413. The zero-order valence-electron chi connectivity index (χ0n) is 9.80. The smallest absolute Gasteiger partial charge is 0.112 e. The lowest BCUT2D eigenvalue weighted by Gasteiger charge is -2.17. The average Bonchev–Trinajstić information content (AvgIpc) is 2.83. The van der Waals surface area contributed by atoms with Gasteiger partial charge in [-0.25, -0.2) is 0 Å². The van der Waals surface area contributed by atoms with E-state index >= 15 is 0 Å². The van der Waals surface area contributed by atoms with Gasteiger partial charge in [0.05, 0.1) is 11.5 Å². The maximum Gasteiger partial charge on any atom is 0.112 e. The molecule has 1 aromatic carbocycles. The van der Waals surface area contributed by atoms with Crippen LogP contribution in [0, 0.1) is 0 Å². The van der Waals surface area contributed by atoms with Crippen molar-refractivity contribution in [3.63, 3.8) is 0 Å². The summed E-state index contributed by atoms with van der Waals surface area (Å²) in [5, 5.41) is 11.2. The number of aliphatic hydroxyl groups excluding tert-OH is 1. The Morgan fingerprint density at radius 1 is 1.00 bits per heavy atom. The van der Waals surface area contributed by atoms with E-state index < -0.39 is 0 Å². The second kappa shape index (κ2) is 6.55. The molecule has 0 aliphatic heterocycles. The lowest BCUT2D eigenvalue weighted by Crippen LogP contribution is -3.09. The molecule has 17 heavy (non-hydrogen) atoms. The first-order valence-electron chi connectivity index (χ1n) is 5.89. The third kappa shape index (κ3) is 3.97. The maximum absolute atomic E-state index is 9.13. The first kappa shape index (κ1) is 12.3. The molecule has 0 fully saturated rings. The molecular formula is C14H18NOS+. The Kier molecular flexibility index (Phi) is 4.74. The molecule has 0 spiro atoms. The van der Waals surface area contributed by atoms with Crippen molar-refractivity contribution < 1.29 is 10.0 Å². The van der Waals surface area contributed by atoms with Gasteiger partial charge in [0.15, 0.2) is 0 Å². The number of nitrogens with one attached hydrogen (secondary N) is 1. The Balaban J connectivity index is 1.97. The van der Waals surface area contributed by atoms with Crippen LogP contribution in [0.2, 0.25) is 0 Å². The van der Waals surface area contributed by atoms with Crippen LogP contribution >= 0.6 is 11.3 Å². The van der Waals surface area contributed by atoms with Crippen molar-refractivity contribution in [2.75, 3.05) is 13.2 Å². The van der Waals surface area contributed by atoms with Gasteiger partial charge < -0.3 is 10.0 Å². The molecule has 1 atom stereocenters. The molecule has 0 radical (unpaired) electrons. The van der Waals surface area contributed by atoms with Gasteiger partial charge in [0.1, 0.15) is 19.6 Å². The minimum atomic E-state index is 0.244. The van der Waals surface area contributed by atoms with E-state index in [0.717, 1.165) is 19.6 Å². The van der Waals surface area contributed by atoms with E-state index in [1.807, 2.05) is 6.07 Å². The highest BCUT2D eigenvalue weighted by molar-refractivity contribution is 7.09. The van der Waals surface area contributed by atoms with Crippen molar-refractivity contribution in [2.24, 2.45) is 0 Å². The van der Waals surface area contributed by atoms with Gasteiger partial charge >= 0.3 is 0 Å². The van der Waals surface area contributed by atoms with Gasteiger partial charge in [0.25, 0.3) is 0 Å². The van der Waals surface area contributed by atoms with E-state index in [1.54, 1.807) is 11.3 Å². The summed E-state index contributed by atoms with van der Waals surface area (Å²) in [5.41, 5.74) is 1.33. The van der Waals surface area contributed by atoms with Crippen molar-refractivity contribution in [2.45, 2.75) is 13.1 Å². The molecular weight excluding hydrogens is 230 g/mol. The van der Waals surface area contributed by atoms with Crippen molar-refractivity contribution in [3.05, 3.63) is 58.3 Å². The standard InChI is InChI=1S/C14H17NOS/c16-9-8-15(12-14-7-4-10-17-14)11-13-5-2-1-3-6-13/h1-7,10,16H,8-9,11-12H2/p+1. The van der Waals surface area contributed by atoms with Gasteiger partial charge in [0, 0.05) is 5.56 Å². The van der Waals surface area contributed by atoms with Crippen LogP contribution in [0.3, 0.4) is 0 Å². The number of aliphatic hydroxyl groups is 1. The van der Waals surface area contributed by atoms with Crippen LogP contribution in [-0.2, 0) is 13.1 Å². The van der Waals surface area contributed by atoms with Crippen LogP contribution in [0.5, 0.6) is 0 Å². The first-order chi connectivity index (χ1) is 8.38. The number of thiophene rings is 1. The minimum Gasteiger partial charge on any atom is -0.391 e. The van der Waals surface area contributed by atoms with Gasteiger partial charge in [-0.15, -0.1) is 11.3 Å². The van der Waals surface area contributed by atoms with E-state index in [4.69, 9.17) is 5.11 Å². The van der Waals surface area contributed by atoms with E-state index in [1.165, 1.54) is 15.3 Å². The van der Waals surface area contributed by atoms with Crippen molar-refractivity contribution in [3.8, 4) is 0 Å². The Labute approximate surface area is 106 Å². The topological polar surface area (TPSA) is 24.7 Å². The molecule has 0 amide bonds. The molecule has 1 unspecified atom stereocenters. The van der Waals surface area contributed by atoms with Gasteiger partial charge in [0.2, 0.25) is 0 Å². The summed E-state index contributed by atoms with van der Waals surface area (Å²) < 4.78 is 0. The fourth-order valence-electron chi connectivity index (χ4n) is 1.94. The molecule has 3 heteroatoms. The van der Waals surface area contributed by atoms with Gasteiger partial charge in [-0.3, -0.25) is 0 Å². The van der Waals surface area contributed by atoms with Gasteiger partial charge in [-0.2, -0.15) is 0 Å². The highest BCUT2D eigenvalue weighted by atomic mass is 32.1. The van der Waals surface area contributed by atoms with Crippen LogP contribution < -0.4 is 4.90 Å². The first-order valence-corrected chi connectivity index (χ1v) is 6.77. The van der Waals surface area contributed by atoms with E-state index in [2.05, 4.69) is 41.8 Å². The lowest BCUT2D eigenvalue weighted by atomic mass is 10.2.